The number of hydrogen-bond acceptors (Lipinski definition) is 2. The van der Waals surface area contributed by atoms with Crippen molar-refractivity contribution in [3.8, 4) is 5.75 Å². The van der Waals surface area contributed by atoms with Crippen LogP contribution in [-0.2, 0) is 6.42 Å². The lowest BCUT2D eigenvalue weighted by atomic mass is 10.1. The standard InChI is InChI=1S/C15H21NO/c1-4-5-11(2)16-15-9-7-12-6-8-13(17-3)10-14(12)15/h6,8,10-11H,4-5,7,9H2,1-3H3/b16-15+. The molecule has 0 aromatic heterocycles. The Morgan fingerprint density at radius 3 is 2.88 bits per heavy atom. The number of ether oxygens (including phenoxy) is 1. The van der Waals surface area contributed by atoms with Crippen LogP contribution in [0.4, 0.5) is 0 Å². The van der Waals surface area contributed by atoms with Gasteiger partial charge < -0.3 is 4.74 Å². The topological polar surface area (TPSA) is 21.6 Å². The van der Waals surface area contributed by atoms with Crippen LogP contribution in [0.15, 0.2) is 23.2 Å². The molecule has 17 heavy (non-hydrogen) atoms. The number of methoxy groups -OCH3 is 1. The molecule has 0 heterocycles. The van der Waals surface area contributed by atoms with Crippen LogP contribution in [0.3, 0.4) is 0 Å². The average Bonchev–Trinajstić information content (AvgIpc) is 2.72. The fraction of sp³-hybridized carbons (Fsp3) is 0.533. The highest BCUT2D eigenvalue weighted by molar-refractivity contribution is 6.04. The highest BCUT2D eigenvalue weighted by Gasteiger charge is 2.18. The predicted octanol–water partition coefficient (Wildman–Crippen LogP) is 3.62. The van der Waals surface area contributed by atoms with Gasteiger partial charge in [-0.3, -0.25) is 4.99 Å². The zero-order valence-corrected chi connectivity index (χ0v) is 11.0. The van der Waals surface area contributed by atoms with Gasteiger partial charge in [-0.1, -0.05) is 19.4 Å². The van der Waals surface area contributed by atoms with Crippen LogP contribution in [0.1, 0.15) is 44.2 Å². The monoisotopic (exact) mass is 231 g/mol. The molecule has 1 aromatic rings. The van der Waals surface area contributed by atoms with Gasteiger partial charge in [-0.15, -0.1) is 0 Å². The fourth-order valence-corrected chi connectivity index (χ4v) is 2.44. The van der Waals surface area contributed by atoms with Crippen LogP contribution < -0.4 is 4.74 Å². The Hall–Kier alpha value is -1.31. The van der Waals surface area contributed by atoms with E-state index in [1.165, 1.54) is 29.7 Å². The lowest BCUT2D eigenvalue weighted by Crippen LogP contribution is -2.04. The van der Waals surface area contributed by atoms with E-state index in [2.05, 4.69) is 26.0 Å². The van der Waals surface area contributed by atoms with Gasteiger partial charge in [0.15, 0.2) is 0 Å². The Kier molecular flexibility index (Phi) is 3.82. The van der Waals surface area contributed by atoms with Gasteiger partial charge in [0.1, 0.15) is 5.75 Å². The molecule has 0 N–H and O–H groups in total. The molecule has 2 nitrogen and oxygen atoms in total. The van der Waals surface area contributed by atoms with Crippen molar-refractivity contribution in [1.82, 2.24) is 0 Å². The number of aliphatic imine (C=N–C) groups is 1. The summed E-state index contributed by atoms with van der Waals surface area (Å²) in [4.78, 5) is 4.84. The molecular formula is C15H21NO. The largest absolute Gasteiger partial charge is 0.497 e. The van der Waals surface area contributed by atoms with Crippen molar-refractivity contribution < 1.29 is 4.74 Å². The first kappa shape index (κ1) is 12.2. The minimum absolute atomic E-state index is 0.437. The summed E-state index contributed by atoms with van der Waals surface area (Å²) in [5.74, 6) is 0.932. The van der Waals surface area contributed by atoms with E-state index in [4.69, 9.17) is 9.73 Å². The molecule has 1 aliphatic rings. The van der Waals surface area contributed by atoms with E-state index >= 15 is 0 Å². The molecule has 0 fully saturated rings. The third-order valence-corrected chi connectivity index (χ3v) is 3.34. The average molecular weight is 231 g/mol. The Bertz CT molecular complexity index is 423. The van der Waals surface area contributed by atoms with Gasteiger partial charge in [0.25, 0.3) is 0 Å². The van der Waals surface area contributed by atoms with E-state index in [1.54, 1.807) is 7.11 Å². The second-order valence-corrected chi connectivity index (χ2v) is 4.74. The maximum atomic E-state index is 5.29. The molecular weight excluding hydrogens is 210 g/mol. The quantitative estimate of drug-likeness (QED) is 0.775. The molecule has 0 aliphatic heterocycles. The smallest absolute Gasteiger partial charge is 0.119 e. The van der Waals surface area contributed by atoms with Gasteiger partial charge >= 0.3 is 0 Å². The van der Waals surface area contributed by atoms with Crippen LogP contribution in [0.5, 0.6) is 5.75 Å². The predicted molar refractivity (Wildman–Crippen MR) is 72.2 cm³/mol. The Labute approximate surface area is 104 Å². The number of rotatable bonds is 4. The second kappa shape index (κ2) is 5.35. The summed E-state index contributed by atoms with van der Waals surface area (Å²) in [5.41, 5.74) is 3.97. The molecule has 1 aromatic carbocycles. The summed E-state index contributed by atoms with van der Waals surface area (Å²) < 4.78 is 5.29. The molecule has 1 aliphatic carbocycles. The van der Waals surface area contributed by atoms with E-state index in [1.807, 2.05) is 6.07 Å². The van der Waals surface area contributed by atoms with Crippen molar-refractivity contribution in [2.24, 2.45) is 4.99 Å². The summed E-state index contributed by atoms with van der Waals surface area (Å²) in [6.45, 7) is 4.41. The van der Waals surface area contributed by atoms with E-state index < -0.39 is 0 Å². The first-order valence-corrected chi connectivity index (χ1v) is 6.48. The van der Waals surface area contributed by atoms with Crippen molar-refractivity contribution in [1.29, 1.82) is 0 Å². The molecule has 0 saturated heterocycles. The normalized spacial score (nSPS) is 18.2. The summed E-state index contributed by atoms with van der Waals surface area (Å²) >= 11 is 0. The third-order valence-electron chi connectivity index (χ3n) is 3.34. The molecule has 1 atom stereocenters. The van der Waals surface area contributed by atoms with Crippen LogP contribution in [0.2, 0.25) is 0 Å². The molecule has 0 bridgehead atoms. The fourth-order valence-electron chi connectivity index (χ4n) is 2.44. The highest BCUT2D eigenvalue weighted by atomic mass is 16.5. The number of aryl methyl sites for hydroxylation is 1. The lowest BCUT2D eigenvalue weighted by Gasteiger charge is -2.08. The Morgan fingerprint density at radius 1 is 1.35 bits per heavy atom. The Balaban J connectivity index is 2.25. The van der Waals surface area contributed by atoms with E-state index in [9.17, 15) is 0 Å². The second-order valence-electron chi connectivity index (χ2n) is 4.74. The number of hydrogen-bond donors (Lipinski definition) is 0. The van der Waals surface area contributed by atoms with Crippen molar-refractivity contribution in [3.63, 3.8) is 0 Å². The van der Waals surface area contributed by atoms with Crippen molar-refractivity contribution in [2.45, 2.75) is 45.6 Å². The Morgan fingerprint density at radius 2 is 2.18 bits per heavy atom. The number of nitrogens with zero attached hydrogens (tertiary/aromatic N) is 1. The van der Waals surface area contributed by atoms with E-state index in [0.29, 0.717) is 6.04 Å². The molecule has 0 spiro atoms. The summed E-state index contributed by atoms with van der Waals surface area (Å²) in [6, 6.07) is 6.77. The first-order chi connectivity index (χ1) is 8.24. The molecule has 0 radical (unpaired) electrons. The maximum absolute atomic E-state index is 5.29. The molecule has 92 valence electrons. The van der Waals surface area contributed by atoms with Gasteiger partial charge in [0, 0.05) is 17.3 Å². The summed E-state index contributed by atoms with van der Waals surface area (Å²) in [7, 11) is 1.72. The van der Waals surface area contributed by atoms with Crippen LogP contribution >= 0.6 is 0 Å². The zero-order valence-electron chi connectivity index (χ0n) is 11.0. The van der Waals surface area contributed by atoms with Gasteiger partial charge in [0.05, 0.1) is 7.11 Å². The number of benzene rings is 1. The van der Waals surface area contributed by atoms with Gasteiger partial charge in [0.2, 0.25) is 0 Å². The minimum atomic E-state index is 0.437. The van der Waals surface area contributed by atoms with Crippen LogP contribution in [0, 0.1) is 0 Å². The van der Waals surface area contributed by atoms with E-state index in [-0.39, 0.29) is 0 Å². The van der Waals surface area contributed by atoms with Gasteiger partial charge in [-0.2, -0.15) is 0 Å². The van der Waals surface area contributed by atoms with E-state index in [0.717, 1.165) is 18.6 Å². The lowest BCUT2D eigenvalue weighted by molar-refractivity contribution is 0.414. The van der Waals surface area contributed by atoms with Gasteiger partial charge in [-0.05, 0) is 43.9 Å². The zero-order chi connectivity index (χ0) is 12.3. The van der Waals surface area contributed by atoms with Gasteiger partial charge in [-0.25, -0.2) is 0 Å². The first-order valence-electron chi connectivity index (χ1n) is 6.48. The minimum Gasteiger partial charge on any atom is -0.497 e. The summed E-state index contributed by atoms with van der Waals surface area (Å²) in [5, 5.41) is 0. The van der Waals surface area contributed by atoms with Crippen LogP contribution in [-0.4, -0.2) is 18.9 Å². The number of fused-ring (bicyclic) bond motifs is 1. The molecule has 2 heteroatoms. The molecule has 0 amide bonds. The van der Waals surface area contributed by atoms with Crippen molar-refractivity contribution in [2.75, 3.05) is 7.11 Å². The molecule has 0 saturated carbocycles. The maximum Gasteiger partial charge on any atom is 0.119 e. The van der Waals surface area contributed by atoms with Crippen molar-refractivity contribution >= 4 is 5.71 Å². The van der Waals surface area contributed by atoms with Crippen molar-refractivity contribution in [3.05, 3.63) is 29.3 Å². The third kappa shape index (κ3) is 2.68. The highest BCUT2D eigenvalue weighted by Crippen LogP contribution is 2.27. The molecule has 2 rings (SSSR count). The SMILES string of the molecule is CCCC(C)/N=C1\CCc2ccc(OC)cc21. The molecule has 1 unspecified atom stereocenters. The van der Waals surface area contributed by atoms with Crippen LogP contribution in [0.25, 0.3) is 0 Å². The summed E-state index contributed by atoms with van der Waals surface area (Å²) in [6.07, 6.45) is 4.57.